The maximum absolute atomic E-state index is 12.7. The first kappa shape index (κ1) is 11.9. The Hall–Kier alpha value is -1.59. The normalized spacial score (nSPS) is 17.8. The van der Waals surface area contributed by atoms with Crippen LogP contribution in [0.2, 0.25) is 0 Å². The van der Waals surface area contributed by atoms with Crippen LogP contribution in [-0.4, -0.2) is 16.1 Å². The monoisotopic (exact) mass is 245 g/mol. The minimum atomic E-state index is -4.54. The van der Waals surface area contributed by atoms with Crippen molar-refractivity contribution < 1.29 is 23.1 Å². The van der Waals surface area contributed by atoms with Crippen molar-refractivity contribution in [3.8, 4) is 0 Å². The van der Waals surface area contributed by atoms with Crippen molar-refractivity contribution in [1.82, 2.24) is 4.98 Å². The van der Waals surface area contributed by atoms with Gasteiger partial charge in [0, 0.05) is 11.6 Å². The van der Waals surface area contributed by atoms with Crippen LogP contribution in [0, 0.1) is 0 Å². The molecular formula is C11H10F3NO2. The number of pyridine rings is 1. The van der Waals surface area contributed by atoms with Gasteiger partial charge >= 0.3 is 12.1 Å². The second-order valence-electron chi connectivity index (χ2n) is 4.25. The molecule has 1 saturated carbocycles. The quantitative estimate of drug-likeness (QED) is 0.890. The van der Waals surface area contributed by atoms with Crippen molar-refractivity contribution in [2.24, 2.45) is 0 Å². The molecule has 0 aliphatic heterocycles. The minimum Gasteiger partial charge on any atom is -0.481 e. The highest BCUT2D eigenvalue weighted by molar-refractivity contribution is 5.70. The number of hydrogen-bond donors (Lipinski definition) is 1. The molecule has 6 heteroatoms. The predicted octanol–water partition coefficient (Wildman–Crippen LogP) is 2.61. The molecule has 0 unspecified atom stereocenters. The number of rotatable bonds is 3. The van der Waals surface area contributed by atoms with E-state index in [2.05, 4.69) is 4.98 Å². The van der Waals surface area contributed by atoms with Crippen LogP contribution in [0.3, 0.4) is 0 Å². The van der Waals surface area contributed by atoms with Gasteiger partial charge in [-0.25, -0.2) is 0 Å². The van der Waals surface area contributed by atoms with Crippen LogP contribution in [0.1, 0.15) is 30.5 Å². The third kappa shape index (κ3) is 2.25. The molecule has 1 N–H and O–H groups in total. The van der Waals surface area contributed by atoms with E-state index in [4.69, 9.17) is 5.11 Å². The standard InChI is InChI=1S/C11H10F3NO2/c12-11(13,14)9-7(2-1-5-15-9)10(3-4-10)6-8(16)17/h1-2,5H,3-4,6H2,(H,16,17). The lowest BCUT2D eigenvalue weighted by Crippen LogP contribution is -2.20. The lowest BCUT2D eigenvalue weighted by atomic mass is 9.91. The highest BCUT2D eigenvalue weighted by atomic mass is 19.4. The van der Waals surface area contributed by atoms with Gasteiger partial charge in [0.2, 0.25) is 0 Å². The summed E-state index contributed by atoms with van der Waals surface area (Å²) in [6.45, 7) is 0. The van der Waals surface area contributed by atoms with E-state index in [0.29, 0.717) is 12.8 Å². The highest BCUT2D eigenvalue weighted by Gasteiger charge is 2.51. The Morgan fingerprint density at radius 1 is 1.47 bits per heavy atom. The van der Waals surface area contributed by atoms with Gasteiger partial charge in [0.05, 0.1) is 6.42 Å². The Morgan fingerprint density at radius 2 is 2.12 bits per heavy atom. The Morgan fingerprint density at radius 3 is 2.59 bits per heavy atom. The molecule has 2 rings (SSSR count). The summed E-state index contributed by atoms with van der Waals surface area (Å²) in [5.74, 6) is -1.08. The fourth-order valence-corrected chi connectivity index (χ4v) is 2.04. The molecule has 0 saturated heterocycles. The van der Waals surface area contributed by atoms with Crippen molar-refractivity contribution in [3.05, 3.63) is 29.6 Å². The summed E-state index contributed by atoms with van der Waals surface area (Å²) in [5, 5.41) is 8.74. The number of carboxylic acids is 1. The highest BCUT2D eigenvalue weighted by Crippen LogP contribution is 2.53. The Labute approximate surface area is 95.3 Å². The Bertz CT molecular complexity index is 452. The SMILES string of the molecule is O=C(O)CC1(c2cccnc2C(F)(F)F)CC1. The van der Waals surface area contributed by atoms with E-state index >= 15 is 0 Å². The maximum Gasteiger partial charge on any atom is 0.433 e. The molecule has 0 spiro atoms. The smallest absolute Gasteiger partial charge is 0.433 e. The lowest BCUT2D eigenvalue weighted by molar-refractivity contribution is -0.143. The summed E-state index contributed by atoms with van der Waals surface area (Å²) in [6, 6.07) is 2.73. The largest absolute Gasteiger partial charge is 0.481 e. The average molecular weight is 245 g/mol. The fraction of sp³-hybridized carbons (Fsp3) is 0.455. The van der Waals surface area contributed by atoms with Crippen molar-refractivity contribution in [2.45, 2.75) is 30.9 Å². The topological polar surface area (TPSA) is 50.2 Å². The number of alkyl halides is 3. The van der Waals surface area contributed by atoms with E-state index in [1.165, 1.54) is 12.1 Å². The molecule has 3 nitrogen and oxygen atoms in total. The van der Waals surface area contributed by atoms with Gasteiger partial charge in [-0.05, 0) is 24.5 Å². The van der Waals surface area contributed by atoms with Crippen LogP contribution in [-0.2, 0) is 16.4 Å². The molecule has 0 atom stereocenters. The van der Waals surface area contributed by atoms with Gasteiger partial charge in [0.15, 0.2) is 0 Å². The zero-order valence-corrected chi connectivity index (χ0v) is 8.79. The number of carbonyl (C=O) groups is 1. The van der Waals surface area contributed by atoms with Gasteiger partial charge in [0.1, 0.15) is 5.69 Å². The molecule has 1 fully saturated rings. The van der Waals surface area contributed by atoms with Gasteiger partial charge in [0.25, 0.3) is 0 Å². The van der Waals surface area contributed by atoms with Crippen LogP contribution >= 0.6 is 0 Å². The zero-order chi connectivity index (χ0) is 12.7. The Balaban J connectivity index is 2.43. The molecule has 1 aliphatic carbocycles. The molecule has 92 valence electrons. The van der Waals surface area contributed by atoms with Crippen LogP contribution in [0.4, 0.5) is 13.2 Å². The van der Waals surface area contributed by atoms with Crippen molar-refractivity contribution in [2.75, 3.05) is 0 Å². The number of hydrogen-bond acceptors (Lipinski definition) is 2. The number of halogens is 3. The molecule has 1 aromatic rings. The summed E-state index contributed by atoms with van der Waals surface area (Å²) in [7, 11) is 0. The van der Waals surface area contributed by atoms with Crippen LogP contribution in [0.25, 0.3) is 0 Å². The molecular weight excluding hydrogens is 235 g/mol. The van der Waals surface area contributed by atoms with Gasteiger partial charge in [-0.3, -0.25) is 9.78 Å². The summed E-state index contributed by atoms with van der Waals surface area (Å²) in [6.07, 6.45) is -2.81. The van der Waals surface area contributed by atoms with Crippen LogP contribution in [0.5, 0.6) is 0 Å². The van der Waals surface area contributed by atoms with Crippen molar-refractivity contribution in [3.63, 3.8) is 0 Å². The first-order chi connectivity index (χ1) is 7.85. The molecule has 1 aliphatic rings. The van der Waals surface area contributed by atoms with E-state index in [9.17, 15) is 18.0 Å². The summed E-state index contributed by atoms with van der Waals surface area (Å²) < 4.78 is 38.2. The van der Waals surface area contributed by atoms with E-state index in [0.717, 1.165) is 6.20 Å². The summed E-state index contributed by atoms with van der Waals surface area (Å²) in [4.78, 5) is 14.0. The fourth-order valence-electron chi connectivity index (χ4n) is 2.04. The van der Waals surface area contributed by atoms with Gasteiger partial charge < -0.3 is 5.11 Å². The van der Waals surface area contributed by atoms with Gasteiger partial charge in [-0.2, -0.15) is 13.2 Å². The van der Waals surface area contributed by atoms with Crippen molar-refractivity contribution in [1.29, 1.82) is 0 Å². The van der Waals surface area contributed by atoms with Gasteiger partial charge in [-0.1, -0.05) is 6.07 Å². The van der Waals surface area contributed by atoms with E-state index < -0.39 is 23.3 Å². The second-order valence-corrected chi connectivity index (χ2v) is 4.25. The first-order valence-corrected chi connectivity index (χ1v) is 5.10. The maximum atomic E-state index is 12.7. The molecule has 0 aromatic carbocycles. The van der Waals surface area contributed by atoms with Gasteiger partial charge in [-0.15, -0.1) is 0 Å². The third-order valence-corrected chi connectivity index (χ3v) is 2.99. The molecule has 1 heterocycles. The van der Waals surface area contributed by atoms with E-state index in [1.54, 1.807) is 0 Å². The Kier molecular flexibility index (Phi) is 2.60. The molecule has 17 heavy (non-hydrogen) atoms. The third-order valence-electron chi connectivity index (χ3n) is 2.99. The number of aliphatic carboxylic acids is 1. The molecule has 0 bridgehead atoms. The molecule has 0 radical (unpaired) electrons. The lowest BCUT2D eigenvalue weighted by Gasteiger charge is -2.18. The zero-order valence-electron chi connectivity index (χ0n) is 8.79. The molecule has 0 amide bonds. The second kappa shape index (κ2) is 3.72. The average Bonchev–Trinajstić information content (AvgIpc) is 2.97. The van der Waals surface area contributed by atoms with Crippen LogP contribution < -0.4 is 0 Å². The summed E-state index contributed by atoms with van der Waals surface area (Å²) in [5.41, 5.74) is -1.82. The molecule has 1 aromatic heterocycles. The number of carboxylic acid groups (broad SMARTS) is 1. The first-order valence-electron chi connectivity index (χ1n) is 5.10. The number of aromatic nitrogens is 1. The minimum absolute atomic E-state index is 0.00917. The summed E-state index contributed by atoms with van der Waals surface area (Å²) >= 11 is 0. The van der Waals surface area contributed by atoms with E-state index in [1.807, 2.05) is 0 Å². The van der Waals surface area contributed by atoms with E-state index in [-0.39, 0.29) is 12.0 Å². The van der Waals surface area contributed by atoms with Crippen molar-refractivity contribution >= 4 is 5.97 Å². The van der Waals surface area contributed by atoms with Crippen LogP contribution in [0.15, 0.2) is 18.3 Å². The number of nitrogens with zero attached hydrogens (tertiary/aromatic N) is 1. The predicted molar refractivity (Wildman–Crippen MR) is 52.4 cm³/mol.